The predicted molar refractivity (Wildman–Crippen MR) is 163 cm³/mol. The van der Waals surface area contributed by atoms with Crippen molar-refractivity contribution in [3.05, 3.63) is 79.6 Å². The molecule has 1 aliphatic heterocycles. The molecule has 1 aliphatic carbocycles. The van der Waals surface area contributed by atoms with Crippen LogP contribution >= 0.6 is 0 Å². The van der Waals surface area contributed by atoms with E-state index in [-0.39, 0.29) is 6.04 Å². The summed E-state index contributed by atoms with van der Waals surface area (Å²) in [7, 11) is 2.09. The number of hydrogen-bond donors (Lipinski definition) is 3. The molecule has 1 unspecified atom stereocenters. The Morgan fingerprint density at radius 2 is 1.88 bits per heavy atom. The molecule has 1 amide bonds. The molecule has 1 saturated heterocycles. The highest BCUT2D eigenvalue weighted by Crippen LogP contribution is 2.46. The van der Waals surface area contributed by atoms with Crippen molar-refractivity contribution in [2.45, 2.75) is 37.6 Å². The third-order valence-electron chi connectivity index (χ3n) is 8.71. The number of nitrogen functional groups attached to an aromatic ring is 1. The molecule has 4 aromatic rings. The number of ether oxygens (including phenoxy) is 1. The van der Waals surface area contributed by atoms with E-state index in [4.69, 9.17) is 10.5 Å². The highest BCUT2D eigenvalue weighted by atomic mass is 16.5. The average Bonchev–Trinajstić information content (AvgIpc) is 3.35. The summed E-state index contributed by atoms with van der Waals surface area (Å²) in [5, 5.41) is 13.2. The topological polar surface area (TPSA) is 122 Å². The summed E-state index contributed by atoms with van der Waals surface area (Å²) in [6.07, 6.45) is 5.06. The number of carbonyl (C=O) groups is 1. The van der Waals surface area contributed by atoms with Crippen molar-refractivity contribution in [2.24, 2.45) is 5.92 Å². The molecule has 6 rings (SSSR count). The molecule has 42 heavy (non-hydrogen) atoms. The number of benzene rings is 2. The summed E-state index contributed by atoms with van der Waals surface area (Å²) in [5.41, 5.74) is 9.43. The van der Waals surface area contributed by atoms with E-state index in [0.717, 1.165) is 72.5 Å². The lowest BCUT2D eigenvalue weighted by atomic mass is 9.74. The Morgan fingerprint density at radius 1 is 1.12 bits per heavy atom. The van der Waals surface area contributed by atoms with Gasteiger partial charge in [-0.15, -0.1) is 0 Å². The summed E-state index contributed by atoms with van der Waals surface area (Å²) < 4.78 is 8.31. The Kier molecular flexibility index (Phi) is 7.74. The van der Waals surface area contributed by atoms with Gasteiger partial charge in [0.05, 0.1) is 11.0 Å². The fourth-order valence-electron chi connectivity index (χ4n) is 6.36. The molecular formula is C32H38N7O3. The standard InChI is InChI=1S/C32H38N7O3/c1-32(36-31(40)41,38-13-11-37(2)12-14-38)18-23-15-25(16-23)39-19-27(28-29(33)34-21-35-30(28)39)24-9-6-10-26(17-24)42-20-22-7-4-3-5-8-22/h3-10,17,19,21,23,25,36H,1,11-16,18,20H2,2H3,(H,40,41)(H2,33,34,35). The van der Waals surface area contributed by atoms with Gasteiger partial charge in [-0.2, -0.15) is 0 Å². The Balaban J connectivity index is 1.21. The molecule has 2 aromatic carbocycles. The number of fused-ring (bicyclic) bond motifs is 1. The first-order valence-corrected chi connectivity index (χ1v) is 14.5. The van der Waals surface area contributed by atoms with Crippen LogP contribution in [-0.4, -0.2) is 74.4 Å². The molecular weight excluding hydrogens is 530 g/mol. The SMILES string of the molecule is [CH2]C(CC1CC(n2cc(-c3cccc(OCc4ccccc4)c3)c3c(N)ncnc32)C1)(NC(=O)O)N1CCN(C)CC1. The number of carboxylic acid groups (broad SMARTS) is 1. The van der Waals surface area contributed by atoms with Gasteiger partial charge >= 0.3 is 6.09 Å². The molecule has 10 heteroatoms. The molecule has 1 atom stereocenters. The number of rotatable bonds is 9. The van der Waals surface area contributed by atoms with Crippen LogP contribution in [0.1, 0.15) is 30.9 Å². The van der Waals surface area contributed by atoms with Gasteiger partial charge in [0.2, 0.25) is 0 Å². The number of hydrogen-bond acceptors (Lipinski definition) is 7. The van der Waals surface area contributed by atoms with E-state index >= 15 is 0 Å². The van der Waals surface area contributed by atoms with Crippen LogP contribution < -0.4 is 15.8 Å². The Hall–Kier alpha value is -4.15. The highest BCUT2D eigenvalue weighted by Gasteiger charge is 2.42. The van der Waals surface area contributed by atoms with Crippen molar-refractivity contribution < 1.29 is 14.6 Å². The minimum atomic E-state index is -1.04. The number of aromatic nitrogens is 3. The number of piperazine rings is 1. The van der Waals surface area contributed by atoms with Crippen LogP contribution in [0.5, 0.6) is 5.75 Å². The first-order chi connectivity index (χ1) is 20.3. The summed E-state index contributed by atoms with van der Waals surface area (Å²) >= 11 is 0. The third kappa shape index (κ3) is 5.77. The molecule has 2 fully saturated rings. The number of amides is 1. The third-order valence-corrected chi connectivity index (χ3v) is 8.71. The lowest BCUT2D eigenvalue weighted by Crippen LogP contribution is -2.64. The first-order valence-electron chi connectivity index (χ1n) is 14.5. The molecule has 10 nitrogen and oxygen atoms in total. The largest absolute Gasteiger partial charge is 0.489 e. The Labute approximate surface area is 246 Å². The van der Waals surface area contributed by atoms with Crippen molar-refractivity contribution in [1.82, 2.24) is 29.7 Å². The predicted octanol–water partition coefficient (Wildman–Crippen LogP) is 4.65. The van der Waals surface area contributed by atoms with Crippen LogP contribution in [0.25, 0.3) is 22.2 Å². The van der Waals surface area contributed by atoms with Crippen molar-refractivity contribution in [2.75, 3.05) is 39.0 Å². The maximum Gasteiger partial charge on any atom is 0.406 e. The van der Waals surface area contributed by atoms with Crippen molar-refractivity contribution in [3.8, 4) is 16.9 Å². The molecule has 2 aliphatic rings. The Morgan fingerprint density at radius 3 is 2.62 bits per heavy atom. The normalized spacial score (nSPS) is 21.0. The van der Waals surface area contributed by atoms with Crippen molar-refractivity contribution in [3.63, 3.8) is 0 Å². The monoisotopic (exact) mass is 568 g/mol. The molecule has 4 N–H and O–H groups in total. The number of nitrogens with one attached hydrogen (secondary N) is 1. The van der Waals surface area contributed by atoms with Gasteiger partial charge in [0.15, 0.2) is 0 Å². The average molecular weight is 569 g/mol. The number of nitrogens with two attached hydrogens (primary N) is 1. The van der Waals surface area contributed by atoms with Gasteiger partial charge in [-0.1, -0.05) is 42.5 Å². The number of anilines is 1. The minimum absolute atomic E-state index is 0.222. The quantitative estimate of drug-likeness (QED) is 0.267. The van der Waals surface area contributed by atoms with Gasteiger partial charge in [0.1, 0.15) is 30.1 Å². The summed E-state index contributed by atoms with van der Waals surface area (Å²) in [6.45, 7) is 8.22. The zero-order chi connectivity index (χ0) is 29.3. The zero-order valence-electron chi connectivity index (χ0n) is 23.9. The maximum absolute atomic E-state index is 11.7. The van der Waals surface area contributed by atoms with Gasteiger partial charge < -0.3 is 30.4 Å². The van der Waals surface area contributed by atoms with E-state index in [1.807, 2.05) is 48.5 Å². The molecule has 2 aromatic heterocycles. The van der Waals surface area contributed by atoms with Crippen LogP contribution in [0, 0.1) is 12.8 Å². The molecule has 219 valence electrons. The van der Waals surface area contributed by atoms with Crippen LogP contribution in [0.15, 0.2) is 67.1 Å². The second-order valence-corrected chi connectivity index (χ2v) is 11.7. The summed E-state index contributed by atoms with van der Waals surface area (Å²) in [6, 6.07) is 18.3. The lowest BCUT2D eigenvalue weighted by Gasteiger charge is -2.48. The zero-order valence-corrected chi connectivity index (χ0v) is 23.9. The van der Waals surface area contributed by atoms with E-state index in [9.17, 15) is 9.90 Å². The van der Waals surface area contributed by atoms with Gasteiger partial charge in [0.25, 0.3) is 0 Å². The van der Waals surface area contributed by atoms with Crippen LogP contribution in [-0.2, 0) is 6.61 Å². The fraction of sp³-hybridized carbons (Fsp3) is 0.375. The van der Waals surface area contributed by atoms with Gasteiger partial charge in [-0.05, 0) is 62.4 Å². The smallest absolute Gasteiger partial charge is 0.406 e. The second kappa shape index (κ2) is 11.6. The number of likely N-dealkylation sites (N-methyl/N-ethyl adjacent to an activating group) is 1. The molecule has 3 heterocycles. The van der Waals surface area contributed by atoms with E-state index < -0.39 is 11.8 Å². The van der Waals surface area contributed by atoms with E-state index in [1.54, 1.807) is 0 Å². The van der Waals surface area contributed by atoms with Gasteiger partial charge in [-0.3, -0.25) is 4.90 Å². The van der Waals surface area contributed by atoms with Crippen LogP contribution in [0.3, 0.4) is 0 Å². The molecule has 1 saturated carbocycles. The van der Waals surface area contributed by atoms with Gasteiger partial charge in [-0.25, -0.2) is 14.8 Å². The lowest BCUT2D eigenvalue weighted by molar-refractivity contribution is 0.0140. The molecule has 1 radical (unpaired) electrons. The highest BCUT2D eigenvalue weighted by molar-refractivity contribution is 6.00. The van der Waals surface area contributed by atoms with Crippen molar-refractivity contribution >= 4 is 22.9 Å². The van der Waals surface area contributed by atoms with Crippen molar-refractivity contribution in [1.29, 1.82) is 0 Å². The summed E-state index contributed by atoms with van der Waals surface area (Å²) in [4.78, 5) is 25.1. The second-order valence-electron chi connectivity index (χ2n) is 11.7. The van der Waals surface area contributed by atoms with E-state index in [2.05, 4.69) is 55.9 Å². The Bertz CT molecular complexity index is 1540. The summed E-state index contributed by atoms with van der Waals surface area (Å²) in [5.74, 6) is 1.55. The van der Waals surface area contributed by atoms with Gasteiger partial charge in [0, 0.05) is 44.0 Å². The maximum atomic E-state index is 11.7. The molecule has 0 bridgehead atoms. The fourth-order valence-corrected chi connectivity index (χ4v) is 6.36. The number of nitrogens with zero attached hydrogens (tertiary/aromatic N) is 5. The van der Waals surface area contributed by atoms with Crippen LogP contribution in [0.4, 0.5) is 10.6 Å². The van der Waals surface area contributed by atoms with E-state index in [0.29, 0.717) is 24.8 Å². The van der Waals surface area contributed by atoms with Crippen LogP contribution in [0.2, 0.25) is 0 Å². The molecule has 0 spiro atoms. The first kappa shape index (κ1) is 28.0. The minimum Gasteiger partial charge on any atom is -0.489 e. The van der Waals surface area contributed by atoms with E-state index in [1.165, 1.54) is 6.33 Å².